The van der Waals surface area contributed by atoms with Crippen LogP contribution in [-0.2, 0) is 9.53 Å². The third-order valence-corrected chi connectivity index (χ3v) is 2.78. The largest absolute Gasteiger partial charge is 0.442 e. The molecule has 1 aliphatic carbocycles. The second kappa shape index (κ2) is 8.18. The number of alkyl halides is 1. The van der Waals surface area contributed by atoms with E-state index < -0.39 is 12.2 Å². The fourth-order valence-electron chi connectivity index (χ4n) is 1.88. The van der Waals surface area contributed by atoms with Crippen LogP contribution in [0.3, 0.4) is 0 Å². The van der Waals surface area contributed by atoms with E-state index in [2.05, 4.69) is 5.32 Å². The molecule has 2 rings (SSSR count). The molecule has 7 heteroatoms. The van der Waals surface area contributed by atoms with Gasteiger partial charge in [0, 0.05) is 19.0 Å². The van der Waals surface area contributed by atoms with E-state index in [0.717, 1.165) is 0 Å². The molecule has 116 valence electrons. The van der Waals surface area contributed by atoms with Gasteiger partial charge in [0.05, 0.1) is 20.3 Å². The van der Waals surface area contributed by atoms with E-state index >= 15 is 0 Å². The highest BCUT2D eigenvalue weighted by Crippen LogP contribution is 2.22. The van der Waals surface area contributed by atoms with Crippen LogP contribution in [0.2, 0.25) is 0 Å². The maximum absolute atomic E-state index is 13.4. The fraction of sp³-hybridized carbons (Fsp3) is 0.429. The number of hydrogen-bond donors (Lipinski definition) is 1. The Morgan fingerprint density at radius 3 is 2.90 bits per heavy atom. The summed E-state index contributed by atoms with van der Waals surface area (Å²) >= 11 is 0. The lowest BCUT2D eigenvalue weighted by Crippen LogP contribution is -2.33. The summed E-state index contributed by atoms with van der Waals surface area (Å²) in [4.78, 5) is 23.9. The SMILES string of the molecule is CC(=O)NCC1CN(C2=CC=CCC(F)=C2)C(=O)O1.CF. The summed E-state index contributed by atoms with van der Waals surface area (Å²) < 4.78 is 28.0. The lowest BCUT2D eigenvalue weighted by Gasteiger charge is -2.13. The van der Waals surface area contributed by atoms with E-state index in [1.165, 1.54) is 17.9 Å². The van der Waals surface area contributed by atoms with Crippen LogP contribution in [0.25, 0.3) is 0 Å². The fourth-order valence-corrected chi connectivity index (χ4v) is 1.88. The van der Waals surface area contributed by atoms with Crippen molar-refractivity contribution in [2.45, 2.75) is 19.4 Å². The van der Waals surface area contributed by atoms with Crippen LogP contribution in [0, 0.1) is 0 Å². The number of nitrogens with zero attached hydrogens (tertiary/aromatic N) is 1. The summed E-state index contributed by atoms with van der Waals surface area (Å²) in [6, 6.07) is 0. The topological polar surface area (TPSA) is 58.6 Å². The van der Waals surface area contributed by atoms with Gasteiger partial charge in [-0.2, -0.15) is 0 Å². The Kier molecular flexibility index (Phi) is 6.58. The molecule has 0 aromatic carbocycles. The summed E-state index contributed by atoms with van der Waals surface area (Å²) in [5, 5.41) is 2.59. The van der Waals surface area contributed by atoms with Crippen LogP contribution < -0.4 is 5.32 Å². The van der Waals surface area contributed by atoms with Crippen LogP contribution in [0.5, 0.6) is 0 Å². The molecule has 1 heterocycles. The summed E-state index contributed by atoms with van der Waals surface area (Å²) in [6.07, 6.45) is 5.64. The molecular formula is C14H18F2N2O3. The van der Waals surface area contributed by atoms with E-state index in [-0.39, 0.29) is 24.7 Å². The van der Waals surface area contributed by atoms with Gasteiger partial charge in [0.1, 0.15) is 11.9 Å². The lowest BCUT2D eigenvalue weighted by molar-refractivity contribution is -0.119. The molecule has 1 fully saturated rings. The van der Waals surface area contributed by atoms with Gasteiger partial charge in [-0.05, 0) is 12.2 Å². The highest BCUT2D eigenvalue weighted by Gasteiger charge is 2.33. The van der Waals surface area contributed by atoms with Crippen molar-refractivity contribution in [1.82, 2.24) is 10.2 Å². The molecule has 2 amide bonds. The van der Waals surface area contributed by atoms with E-state index in [1.807, 2.05) is 0 Å². The second-order valence-electron chi connectivity index (χ2n) is 4.37. The van der Waals surface area contributed by atoms with Gasteiger partial charge in [0.2, 0.25) is 5.91 Å². The monoisotopic (exact) mass is 300 g/mol. The Labute approximate surface area is 121 Å². The van der Waals surface area contributed by atoms with Crippen LogP contribution >= 0.6 is 0 Å². The molecule has 0 bridgehead atoms. The Morgan fingerprint density at radius 1 is 1.52 bits per heavy atom. The summed E-state index contributed by atoms with van der Waals surface area (Å²) in [6.45, 7) is 1.95. The van der Waals surface area contributed by atoms with Crippen LogP contribution in [-0.4, -0.2) is 43.3 Å². The number of halogens is 2. The average molecular weight is 300 g/mol. The summed E-state index contributed by atoms with van der Waals surface area (Å²) in [5.41, 5.74) is 0.460. The first-order chi connectivity index (χ1) is 10.1. The first kappa shape index (κ1) is 16.9. The molecule has 1 aliphatic heterocycles. The first-order valence-corrected chi connectivity index (χ1v) is 6.39. The molecule has 1 unspecified atom stereocenters. The van der Waals surface area contributed by atoms with Crippen molar-refractivity contribution >= 4 is 12.0 Å². The molecule has 0 saturated carbocycles. The first-order valence-electron chi connectivity index (χ1n) is 6.39. The minimum Gasteiger partial charge on any atom is -0.442 e. The minimum absolute atomic E-state index is 0.183. The zero-order valence-electron chi connectivity index (χ0n) is 11.9. The number of carbonyl (C=O) groups is 2. The van der Waals surface area contributed by atoms with Gasteiger partial charge in [-0.15, -0.1) is 0 Å². The minimum atomic E-state index is -0.527. The van der Waals surface area contributed by atoms with Crippen LogP contribution in [0.1, 0.15) is 13.3 Å². The number of cyclic esters (lactones) is 1. The molecular weight excluding hydrogens is 282 g/mol. The van der Waals surface area contributed by atoms with Gasteiger partial charge < -0.3 is 10.1 Å². The van der Waals surface area contributed by atoms with E-state index in [9.17, 15) is 18.4 Å². The van der Waals surface area contributed by atoms with Crippen molar-refractivity contribution in [2.75, 3.05) is 20.3 Å². The van der Waals surface area contributed by atoms with Gasteiger partial charge in [-0.3, -0.25) is 14.1 Å². The predicted octanol–water partition coefficient (Wildman–Crippen LogP) is 2.23. The molecule has 1 atom stereocenters. The number of carbonyl (C=O) groups excluding carboxylic acids is 2. The number of rotatable bonds is 3. The van der Waals surface area contributed by atoms with E-state index in [1.54, 1.807) is 18.2 Å². The third-order valence-electron chi connectivity index (χ3n) is 2.78. The normalized spacial score (nSPS) is 20.7. The molecule has 5 nitrogen and oxygen atoms in total. The van der Waals surface area contributed by atoms with Gasteiger partial charge in [0.15, 0.2) is 0 Å². The summed E-state index contributed by atoms with van der Waals surface area (Å²) in [7, 11) is 0.500. The number of nitrogens with one attached hydrogen (secondary N) is 1. The van der Waals surface area contributed by atoms with Crippen LogP contribution in [0.4, 0.5) is 13.6 Å². The predicted molar refractivity (Wildman–Crippen MR) is 73.7 cm³/mol. The van der Waals surface area contributed by atoms with Crippen LogP contribution in [0.15, 0.2) is 35.8 Å². The second-order valence-corrected chi connectivity index (χ2v) is 4.37. The molecule has 2 aliphatic rings. The van der Waals surface area contributed by atoms with Crippen molar-refractivity contribution in [3.8, 4) is 0 Å². The average Bonchev–Trinajstić information content (AvgIpc) is 2.69. The van der Waals surface area contributed by atoms with Gasteiger partial charge >= 0.3 is 6.09 Å². The highest BCUT2D eigenvalue weighted by molar-refractivity contribution is 5.74. The molecule has 21 heavy (non-hydrogen) atoms. The Balaban J connectivity index is 0.00000106. The highest BCUT2D eigenvalue weighted by atomic mass is 19.1. The maximum atomic E-state index is 13.4. The maximum Gasteiger partial charge on any atom is 0.414 e. The van der Waals surface area contributed by atoms with E-state index in [4.69, 9.17) is 4.74 Å². The molecule has 0 radical (unpaired) electrons. The number of allylic oxidation sites excluding steroid dienone is 5. The van der Waals surface area contributed by atoms with Gasteiger partial charge in [-0.1, -0.05) is 12.2 Å². The van der Waals surface area contributed by atoms with E-state index in [0.29, 0.717) is 19.4 Å². The molecule has 0 spiro atoms. The smallest absolute Gasteiger partial charge is 0.414 e. The number of amides is 2. The Morgan fingerprint density at radius 2 is 2.24 bits per heavy atom. The zero-order chi connectivity index (χ0) is 15.8. The molecule has 1 N–H and O–H groups in total. The quantitative estimate of drug-likeness (QED) is 0.869. The molecule has 0 aromatic rings. The van der Waals surface area contributed by atoms with Gasteiger partial charge in [0.25, 0.3) is 0 Å². The van der Waals surface area contributed by atoms with Gasteiger partial charge in [-0.25, -0.2) is 9.18 Å². The Hall–Kier alpha value is -2.18. The number of hydrogen-bond acceptors (Lipinski definition) is 3. The van der Waals surface area contributed by atoms with Crippen molar-refractivity contribution in [1.29, 1.82) is 0 Å². The molecule has 0 aromatic heterocycles. The number of ether oxygens (including phenoxy) is 1. The van der Waals surface area contributed by atoms with Crippen molar-refractivity contribution in [3.63, 3.8) is 0 Å². The zero-order valence-corrected chi connectivity index (χ0v) is 11.9. The van der Waals surface area contributed by atoms with Crippen molar-refractivity contribution in [3.05, 3.63) is 35.8 Å². The van der Waals surface area contributed by atoms with Crippen molar-refractivity contribution < 1.29 is 23.1 Å². The standard InChI is InChI=1S/C13H15FN2O3.CH3F/c1-9(17)15-7-12-8-16(13(18)19-12)11-5-3-2-4-10(14)6-11;1-2/h2-3,5-6,12H,4,7-8H2,1H3,(H,15,17);1H3. The lowest BCUT2D eigenvalue weighted by atomic mass is 10.3. The van der Waals surface area contributed by atoms with Crippen molar-refractivity contribution in [2.24, 2.45) is 0 Å². The molecule has 1 saturated heterocycles. The Bertz CT molecular complexity index is 487. The third kappa shape index (κ3) is 5.02. The summed E-state index contributed by atoms with van der Waals surface area (Å²) in [5.74, 6) is -0.491.